The molecule has 0 aliphatic carbocycles. The van der Waals surface area contributed by atoms with Crippen molar-refractivity contribution in [3.63, 3.8) is 0 Å². The van der Waals surface area contributed by atoms with Gasteiger partial charge in [0, 0.05) is 23.2 Å². The molecule has 0 saturated carbocycles. The number of carbonyl (C=O) groups is 2. The number of carboxylic acids is 1. The molecular formula is C21H16Cl2LiN2O6-. The Morgan fingerprint density at radius 3 is 1.69 bits per heavy atom. The number of benzene rings is 2. The van der Waals surface area contributed by atoms with Gasteiger partial charge in [0.2, 0.25) is 0 Å². The zero-order valence-electron chi connectivity index (χ0n) is 17.0. The van der Waals surface area contributed by atoms with Gasteiger partial charge in [-0.1, -0.05) is 23.2 Å². The van der Waals surface area contributed by atoms with Gasteiger partial charge in [0.05, 0.1) is 39.3 Å². The molecule has 2 aromatic heterocycles. The number of hydrogen-bond acceptors (Lipinski definition) is 7. The number of rotatable bonds is 2. The molecule has 4 rings (SSSR count). The van der Waals surface area contributed by atoms with Crippen LogP contribution in [0.5, 0.6) is 0 Å². The Bertz CT molecular complexity index is 1240. The van der Waals surface area contributed by atoms with Gasteiger partial charge in [-0.05, 0) is 48.5 Å². The van der Waals surface area contributed by atoms with Crippen LogP contribution in [0, 0.1) is 0 Å². The first-order chi connectivity index (χ1) is 13.9. The number of pyridine rings is 2. The van der Waals surface area contributed by atoms with E-state index in [0.29, 0.717) is 15.6 Å². The molecule has 0 spiro atoms. The van der Waals surface area contributed by atoms with Crippen molar-refractivity contribution in [1.29, 1.82) is 0 Å². The number of esters is 1. The molecule has 162 valence electrons. The standard InChI is InChI=1S/C11H8ClNO2.C10H6ClNO2.Li.2H2O/c1-15-11(14)7-2-3-10-8(4-7)5-9(12)6-13-10;11-8-4-7-3-6(10(13)14)1-2-9(7)12-5-8;;;/h2-6H,1H3;1-5H,(H,13,14);;2*1H2/q;;+1;;/p-2. The van der Waals surface area contributed by atoms with Crippen LogP contribution >= 0.6 is 23.2 Å². The largest absolute Gasteiger partial charge is 1.00 e. The van der Waals surface area contributed by atoms with E-state index in [1.54, 1.807) is 48.7 Å². The monoisotopic (exact) mass is 469 g/mol. The fourth-order valence-corrected chi connectivity index (χ4v) is 2.92. The predicted octanol–water partition coefficient (Wildman–Crippen LogP) is 1.91. The van der Waals surface area contributed by atoms with Gasteiger partial charge in [0.25, 0.3) is 0 Å². The Morgan fingerprint density at radius 2 is 1.25 bits per heavy atom. The van der Waals surface area contributed by atoms with Crippen LogP contribution < -0.4 is 18.9 Å². The van der Waals surface area contributed by atoms with E-state index in [2.05, 4.69) is 14.7 Å². The van der Waals surface area contributed by atoms with Gasteiger partial charge in [-0.15, -0.1) is 0 Å². The number of aromatic carboxylic acids is 1. The molecule has 0 bridgehead atoms. The molecule has 0 aliphatic rings. The van der Waals surface area contributed by atoms with Crippen molar-refractivity contribution >= 4 is 56.9 Å². The van der Waals surface area contributed by atoms with Gasteiger partial charge in [-0.2, -0.15) is 0 Å². The van der Waals surface area contributed by atoms with Crippen molar-refractivity contribution < 1.29 is 49.2 Å². The normalized spacial score (nSPS) is 9.34. The molecule has 32 heavy (non-hydrogen) atoms. The second-order valence-corrected chi connectivity index (χ2v) is 6.79. The van der Waals surface area contributed by atoms with Gasteiger partial charge >= 0.3 is 30.8 Å². The average molecular weight is 470 g/mol. The van der Waals surface area contributed by atoms with Crippen LogP contribution in [0.2, 0.25) is 10.0 Å². The molecule has 2 aromatic carbocycles. The molecule has 0 atom stereocenters. The van der Waals surface area contributed by atoms with Crippen LogP contribution in [-0.4, -0.2) is 45.1 Å². The maximum absolute atomic E-state index is 11.3. The van der Waals surface area contributed by atoms with E-state index in [-0.39, 0.29) is 41.3 Å². The molecule has 0 fully saturated rings. The van der Waals surface area contributed by atoms with Crippen LogP contribution in [-0.2, 0) is 4.74 Å². The summed E-state index contributed by atoms with van der Waals surface area (Å²) >= 11 is 11.5. The molecule has 0 amide bonds. The van der Waals surface area contributed by atoms with Gasteiger partial charge in [-0.25, -0.2) is 9.59 Å². The summed E-state index contributed by atoms with van der Waals surface area (Å²) in [5, 5.41) is 11.4. The first kappa shape index (κ1) is 29.3. The average Bonchev–Trinajstić information content (AvgIpc) is 2.72. The smallest absolute Gasteiger partial charge is 0.870 e. The Hall–Kier alpha value is -2.70. The summed E-state index contributed by atoms with van der Waals surface area (Å²) in [6, 6.07) is 13.3. The quantitative estimate of drug-likeness (QED) is 0.345. The van der Waals surface area contributed by atoms with E-state index in [0.717, 1.165) is 21.8 Å². The minimum Gasteiger partial charge on any atom is -0.870 e. The fourth-order valence-electron chi connectivity index (χ4n) is 2.59. The van der Waals surface area contributed by atoms with E-state index >= 15 is 0 Å². The zero-order chi connectivity index (χ0) is 21.0. The summed E-state index contributed by atoms with van der Waals surface area (Å²) in [4.78, 5) is 30.1. The number of methoxy groups -OCH3 is 1. The van der Waals surface area contributed by atoms with Crippen LogP contribution in [0.25, 0.3) is 21.8 Å². The van der Waals surface area contributed by atoms with Crippen LogP contribution in [0.4, 0.5) is 0 Å². The van der Waals surface area contributed by atoms with Crippen molar-refractivity contribution in [3.8, 4) is 0 Å². The molecule has 0 saturated heterocycles. The Morgan fingerprint density at radius 1 is 0.812 bits per heavy atom. The molecule has 2 heterocycles. The van der Waals surface area contributed by atoms with E-state index in [4.69, 9.17) is 28.3 Å². The molecule has 8 nitrogen and oxygen atoms in total. The third kappa shape index (κ3) is 7.17. The Balaban J connectivity index is 0.000000550. The van der Waals surface area contributed by atoms with Crippen molar-refractivity contribution in [2.75, 3.05) is 7.11 Å². The fraction of sp³-hybridized carbons (Fsp3) is 0.0476. The minimum atomic E-state index is -0.952. The zero-order valence-corrected chi connectivity index (χ0v) is 18.5. The Labute approximate surface area is 204 Å². The number of nitrogens with zero attached hydrogens (tertiary/aromatic N) is 2. The molecular weight excluding hydrogens is 454 g/mol. The number of aromatic nitrogens is 2. The third-order valence-corrected chi connectivity index (χ3v) is 4.38. The van der Waals surface area contributed by atoms with E-state index in [1.165, 1.54) is 19.4 Å². The summed E-state index contributed by atoms with van der Waals surface area (Å²) in [6.07, 6.45) is 3.10. The number of carbonyl (C=O) groups excluding carboxylic acids is 1. The summed E-state index contributed by atoms with van der Waals surface area (Å²) in [6.45, 7) is 0. The van der Waals surface area contributed by atoms with Gasteiger partial charge in [0.1, 0.15) is 0 Å². The predicted molar refractivity (Wildman–Crippen MR) is 116 cm³/mol. The second kappa shape index (κ2) is 13.0. The number of carboxylic acid groups (broad SMARTS) is 1. The van der Waals surface area contributed by atoms with E-state index in [9.17, 15) is 9.59 Å². The first-order valence-electron chi connectivity index (χ1n) is 8.29. The van der Waals surface area contributed by atoms with Crippen molar-refractivity contribution in [1.82, 2.24) is 9.97 Å². The van der Waals surface area contributed by atoms with E-state index in [1.807, 2.05) is 0 Å². The molecule has 0 unspecified atom stereocenters. The first-order valence-corrected chi connectivity index (χ1v) is 9.05. The number of halogens is 2. The Kier molecular flexibility index (Phi) is 11.9. The molecule has 3 N–H and O–H groups in total. The molecule has 0 radical (unpaired) electrons. The number of hydrogen-bond donors (Lipinski definition) is 1. The maximum Gasteiger partial charge on any atom is 1.00 e. The van der Waals surface area contributed by atoms with Crippen molar-refractivity contribution in [3.05, 3.63) is 82.1 Å². The van der Waals surface area contributed by atoms with Crippen LogP contribution in [0.3, 0.4) is 0 Å². The van der Waals surface area contributed by atoms with Gasteiger partial charge < -0.3 is 20.8 Å². The summed E-state index contributed by atoms with van der Waals surface area (Å²) in [5.41, 5.74) is 2.27. The number of ether oxygens (including phenoxy) is 1. The summed E-state index contributed by atoms with van der Waals surface area (Å²) in [7, 11) is 1.35. The van der Waals surface area contributed by atoms with Gasteiger partial charge in [-0.3, -0.25) is 9.97 Å². The third-order valence-electron chi connectivity index (χ3n) is 3.96. The number of fused-ring (bicyclic) bond motifs is 2. The van der Waals surface area contributed by atoms with Crippen molar-refractivity contribution in [2.24, 2.45) is 0 Å². The summed E-state index contributed by atoms with van der Waals surface area (Å²) < 4.78 is 4.62. The topological polar surface area (TPSA) is 149 Å². The molecule has 4 aromatic rings. The molecule has 0 aliphatic heterocycles. The molecule has 11 heteroatoms. The minimum absolute atomic E-state index is 0. The second-order valence-electron chi connectivity index (χ2n) is 5.92. The van der Waals surface area contributed by atoms with Gasteiger partial charge in [0.15, 0.2) is 0 Å². The van der Waals surface area contributed by atoms with E-state index < -0.39 is 5.97 Å². The van der Waals surface area contributed by atoms with Crippen LogP contribution in [0.15, 0.2) is 60.9 Å². The van der Waals surface area contributed by atoms with Crippen LogP contribution in [0.1, 0.15) is 20.7 Å². The van der Waals surface area contributed by atoms with Crippen molar-refractivity contribution in [2.45, 2.75) is 0 Å². The SMILES string of the molecule is COC(=O)c1ccc2ncc(Cl)cc2c1.O=C(O)c1ccc2ncc(Cl)cc2c1.[Li+].[OH-].[OH-]. The summed E-state index contributed by atoms with van der Waals surface area (Å²) in [5.74, 6) is -1.32. The maximum atomic E-state index is 11.3.